The summed E-state index contributed by atoms with van der Waals surface area (Å²) in [6.07, 6.45) is 2.77. The molecular weight excluding hydrogens is 330 g/mol. The maximum atomic E-state index is 5.36. The number of hydrogen-bond acceptors (Lipinski definition) is 5. The molecule has 0 saturated heterocycles. The Kier molecular flexibility index (Phi) is 8.62. The molecule has 7 nitrogen and oxygen atoms in total. The van der Waals surface area contributed by atoms with Crippen molar-refractivity contribution < 1.29 is 9.26 Å². The fourth-order valence-electron chi connectivity index (χ4n) is 2.44. The molecule has 26 heavy (non-hydrogen) atoms. The zero-order valence-corrected chi connectivity index (χ0v) is 15.9. The fraction of sp³-hybridized carbons (Fsp3) is 0.526. The number of aromatic nitrogens is 2. The van der Waals surface area contributed by atoms with Crippen molar-refractivity contribution in [1.82, 2.24) is 20.8 Å². The predicted octanol–water partition coefficient (Wildman–Crippen LogP) is 2.78. The van der Waals surface area contributed by atoms with Crippen LogP contribution in [0.4, 0.5) is 0 Å². The molecule has 7 heteroatoms. The number of aryl methyl sites for hydroxylation is 1. The molecule has 0 unspecified atom stereocenters. The molecule has 0 amide bonds. The second-order valence-corrected chi connectivity index (χ2v) is 5.87. The molecule has 0 aliphatic carbocycles. The van der Waals surface area contributed by atoms with E-state index < -0.39 is 0 Å². The van der Waals surface area contributed by atoms with Crippen LogP contribution in [0.2, 0.25) is 0 Å². The van der Waals surface area contributed by atoms with Crippen molar-refractivity contribution in [3.63, 3.8) is 0 Å². The first-order valence-electron chi connectivity index (χ1n) is 9.21. The molecule has 0 spiro atoms. The Morgan fingerprint density at radius 3 is 2.92 bits per heavy atom. The quantitative estimate of drug-likeness (QED) is 0.385. The van der Waals surface area contributed by atoms with E-state index in [0.717, 1.165) is 61.9 Å². The van der Waals surface area contributed by atoms with Gasteiger partial charge in [0.2, 0.25) is 0 Å². The Morgan fingerprint density at radius 1 is 1.27 bits per heavy atom. The van der Waals surface area contributed by atoms with Crippen LogP contribution < -0.4 is 10.6 Å². The first-order chi connectivity index (χ1) is 12.8. The van der Waals surface area contributed by atoms with Gasteiger partial charge in [-0.2, -0.15) is 4.98 Å². The average Bonchev–Trinajstić information content (AvgIpc) is 3.13. The van der Waals surface area contributed by atoms with E-state index in [0.29, 0.717) is 12.4 Å². The lowest BCUT2D eigenvalue weighted by Gasteiger charge is -2.12. The summed E-state index contributed by atoms with van der Waals surface area (Å²) in [4.78, 5) is 8.68. The number of hydrogen-bond donors (Lipinski definition) is 2. The normalized spacial score (nSPS) is 11.6. The van der Waals surface area contributed by atoms with E-state index in [9.17, 15) is 0 Å². The van der Waals surface area contributed by atoms with Crippen molar-refractivity contribution in [2.45, 2.75) is 39.7 Å². The van der Waals surface area contributed by atoms with Gasteiger partial charge in [-0.1, -0.05) is 24.2 Å². The summed E-state index contributed by atoms with van der Waals surface area (Å²) in [6.45, 7) is 7.09. The van der Waals surface area contributed by atoms with E-state index >= 15 is 0 Å². The van der Waals surface area contributed by atoms with Crippen LogP contribution in [0.5, 0.6) is 0 Å². The zero-order chi connectivity index (χ0) is 18.6. The van der Waals surface area contributed by atoms with E-state index in [1.165, 1.54) is 0 Å². The molecule has 0 fully saturated rings. The van der Waals surface area contributed by atoms with Gasteiger partial charge >= 0.3 is 0 Å². The molecule has 0 radical (unpaired) electrons. The molecule has 0 atom stereocenters. The van der Waals surface area contributed by atoms with Crippen molar-refractivity contribution in [1.29, 1.82) is 0 Å². The third-order valence-electron chi connectivity index (χ3n) is 3.76. The van der Waals surface area contributed by atoms with Crippen LogP contribution in [-0.4, -0.2) is 42.9 Å². The molecule has 0 aliphatic heterocycles. The van der Waals surface area contributed by atoms with E-state index in [1.807, 2.05) is 19.1 Å². The molecular formula is C19H29N5O2. The van der Waals surface area contributed by atoms with Gasteiger partial charge in [0.15, 0.2) is 11.8 Å². The highest BCUT2D eigenvalue weighted by Crippen LogP contribution is 2.18. The maximum Gasteiger partial charge on any atom is 0.257 e. The number of nitrogens with zero attached hydrogens (tertiary/aromatic N) is 3. The number of aliphatic imine (C=N–C) groups is 1. The van der Waals surface area contributed by atoms with Crippen LogP contribution in [-0.2, 0) is 17.7 Å². The van der Waals surface area contributed by atoms with Crippen LogP contribution in [0.1, 0.15) is 38.1 Å². The third kappa shape index (κ3) is 6.48. The monoisotopic (exact) mass is 359 g/mol. The highest BCUT2D eigenvalue weighted by Gasteiger charge is 2.09. The maximum absolute atomic E-state index is 5.36. The molecule has 1 aromatic carbocycles. The van der Waals surface area contributed by atoms with Gasteiger partial charge in [-0.25, -0.2) is 0 Å². The lowest BCUT2D eigenvalue weighted by molar-refractivity contribution is 0.145. The Bertz CT molecular complexity index is 684. The van der Waals surface area contributed by atoms with Crippen molar-refractivity contribution in [2.75, 3.05) is 26.8 Å². The minimum absolute atomic E-state index is 0.564. The smallest absolute Gasteiger partial charge is 0.257 e. The number of ether oxygens (including phenoxy) is 1. The standard InChI is InChI=1S/C19H29N5O2/c1-4-8-17-23-18(26-24-17)16-10-6-9-15(13-16)14-22-19(20-3)21-11-7-12-25-5-2/h6,9-10,13H,4-5,7-8,11-12,14H2,1-3H3,(H2,20,21,22). The summed E-state index contributed by atoms with van der Waals surface area (Å²) in [5.41, 5.74) is 2.05. The highest BCUT2D eigenvalue weighted by atomic mass is 16.5. The van der Waals surface area contributed by atoms with E-state index in [2.05, 4.69) is 44.8 Å². The molecule has 2 N–H and O–H groups in total. The van der Waals surface area contributed by atoms with E-state index in [1.54, 1.807) is 7.05 Å². The summed E-state index contributed by atoms with van der Waals surface area (Å²) >= 11 is 0. The van der Waals surface area contributed by atoms with Gasteiger partial charge in [-0.3, -0.25) is 4.99 Å². The van der Waals surface area contributed by atoms with Crippen LogP contribution in [0, 0.1) is 0 Å². The van der Waals surface area contributed by atoms with E-state index in [-0.39, 0.29) is 0 Å². The zero-order valence-electron chi connectivity index (χ0n) is 15.9. The van der Waals surface area contributed by atoms with Crippen LogP contribution in [0.3, 0.4) is 0 Å². The largest absolute Gasteiger partial charge is 0.382 e. The van der Waals surface area contributed by atoms with Gasteiger partial charge in [0, 0.05) is 45.3 Å². The van der Waals surface area contributed by atoms with Crippen LogP contribution in [0.15, 0.2) is 33.8 Å². The minimum Gasteiger partial charge on any atom is -0.382 e. The Hall–Kier alpha value is -2.41. The van der Waals surface area contributed by atoms with Gasteiger partial charge in [0.25, 0.3) is 5.89 Å². The Morgan fingerprint density at radius 2 is 2.15 bits per heavy atom. The number of rotatable bonds is 10. The van der Waals surface area contributed by atoms with Crippen LogP contribution >= 0.6 is 0 Å². The summed E-state index contributed by atoms with van der Waals surface area (Å²) in [7, 11) is 1.77. The summed E-state index contributed by atoms with van der Waals surface area (Å²) in [5.74, 6) is 2.09. The van der Waals surface area contributed by atoms with Crippen molar-refractivity contribution in [3.05, 3.63) is 35.7 Å². The molecule has 0 aliphatic rings. The second kappa shape index (κ2) is 11.3. The van der Waals surface area contributed by atoms with Crippen molar-refractivity contribution >= 4 is 5.96 Å². The topological polar surface area (TPSA) is 84.6 Å². The SMILES string of the molecule is CCCc1noc(-c2cccc(CNC(=NC)NCCCOCC)c2)n1. The Balaban J connectivity index is 1.87. The molecule has 2 aromatic rings. The van der Waals surface area contributed by atoms with Gasteiger partial charge in [-0.15, -0.1) is 0 Å². The van der Waals surface area contributed by atoms with Gasteiger partial charge in [-0.05, 0) is 37.5 Å². The molecule has 0 saturated carbocycles. The third-order valence-corrected chi connectivity index (χ3v) is 3.76. The molecule has 2 rings (SSSR count). The van der Waals surface area contributed by atoms with Gasteiger partial charge < -0.3 is 19.9 Å². The predicted molar refractivity (Wildman–Crippen MR) is 103 cm³/mol. The fourth-order valence-corrected chi connectivity index (χ4v) is 2.44. The number of guanidine groups is 1. The number of benzene rings is 1. The molecule has 142 valence electrons. The number of nitrogens with one attached hydrogen (secondary N) is 2. The first kappa shape index (κ1) is 19.9. The van der Waals surface area contributed by atoms with Gasteiger partial charge in [0.1, 0.15) is 0 Å². The van der Waals surface area contributed by atoms with Crippen molar-refractivity contribution in [2.24, 2.45) is 4.99 Å². The molecule has 1 heterocycles. The average molecular weight is 359 g/mol. The summed E-state index contributed by atoms with van der Waals surface area (Å²) in [6, 6.07) is 8.09. The highest BCUT2D eigenvalue weighted by molar-refractivity contribution is 5.79. The molecule has 0 bridgehead atoms. The van der Waals surface area contributed by atoms with Crippen LogP contribution in [0.25, 0.3) is 11.5 Å². The van der Waals surface area contributed by atoms with Gasteiger partial charge in [0.05, 0.1) is 0 Å². The lowest BCUT2D eigenvalue weighted by atomic mass is 10.1. The lowest BCUT2D eigenvalue weighted by Crippen LogP contribution is -2.37. The van der Waals surface area contributed by atoms with E-state index in [4.69, 9.17) is 9.26 Å². The summed E-state index contributed by atoms with van der Waals surface area (Å²) < 4.78 is 10.7. The minimum atomic E-state index is 0.564. The molecule has 1 aromatic heterocycles. The second-order valence-electron chi connectivity index (χ2n) is 5.87. The first-order valence-corrected chi connectivity index (χ1v) is 9.21. The summed E-state index contributed by atoms with van der Waals surface area (Å²) in [5, 5.41) is 10.6. The Labute approximate surface area is 155 Å². The van der Waals surface area contributed by atoms with Crippen molar-refractivity contribution in [3.8, 4) is 11.5 Å².